The molecule has 0 unspecified atom stereocenters. The first-order valence-corrected chi connectivity index (χ1v) is 11.0. The van der Waals surface area contributed by atoms with Gasteiger partial charge in [-0.1, -0.05) is 6.92 Å². The third kappa shape index (κ3) is 5.75. The highest BCUT2D eigenvalue weighted by Gasteiger charge is 2.36. The summed E-state index contributed by atoms with van der Waals surface area (Å²) in [6.07, 6.45) is -1.59. The quantitative estimate of drug-likeness (QED) is 0.552. The molecule has 0 radical (unpaired) electrons. The van der Waals surface area contributed by atoms with E-state index in [1.807, 2.05) is 0 Å². The molecule has 1 aliphatic heterocycles. The zero-order valence-electron chi connectivity index (χ0n) is 16.5. The summed E-state index contributed by atoms with van der Waals surface area (Å²) in [5.41, 5.74) is 0. The summed E-state index contributed by atoms with van der Waals surface area (Å²) in [4.78, 5) is 25.3. The number of alkyl halides is 2. The molecule has 1 amide bonds. The Kier molecular flexibility index (Phi) is 8.14. The first-order chi connectivity index (χ1) is 13.7. The molecule has 1 aromatic heterocycles. The van der Waals surface area contributed by atoms with Crippen molar-refractivity contribution in [2.45, 2.75) is 44.6 Å². The largest absolute Gasteiger partial charge is 0.460 e. The maximum atomic E-state index is 12.7. The van der Waals surface area contributed by atoms with Gasteiger partial charge < -0.3 is 14.1 Å². The highest BCUT2D eigenvalue weighted by Crippen LogP contribution is 2.26. The summed E-state index contributed by atoms with van der Waals surface area (Å²) in [5.74, 6) is -1.84. The molecule has 0 bridgehead atoms. The summed E-state index contributed by atoms with van der Waals surface area (Å²) in [5, 5.41) is -0.379. The van der Waals surface area contributed by atoms with Crippen molar-refractivity contribution >= 4 is 21.9 Å². The van der Waals surface area contributed by atoms with E-state index in [4.69, 9.17) is 9.15 Å². The second-order valence-electron chi connectivity index (χ2n) is 6.69. The van der Waals surface area contributed by atoms with Crippen molar-refractivity contribution in [3.8, 4) is 0 Å². The van der Waals surface area contributed by atoms with E-state index in [0.29, 0.717) is 6.42 Å². The Hall–Kier alpha value is -2.01. The van der Waals surface area contributed by atoms with Crippen molar-refractivity contribution in [1.29, 1.82) is 0 Å². The number of hydrogen-bond donors (Lipinski definition) is 0. The maximum Gasteiger partial charge on any atom is 0.374 e. The van der Waals surface area contributed by atoms with Crippen LogP contribution in [0.3, 0.4) is 0 Å². The van der Waals surface area contributed by atoms with E-state index in [1.54, 1.807) is 13.8 Å². The number of carbonyl (C=O) groups is 2. The molecule has 1 saturated heterocycles. The van der Waals surface area contributed by atoms with Crippen molar-refractivity contribution in [1.82, 2.24) is 9.21 Å². The van der Waals surface area contributed by atoms with Crippen LogP contribution in [0.1, 0.15) is 43.7 Å². The van der Waals surface area contributed by atoms with Crippen molar-refractivity contribution in [2.24, 2.45) is 5.92 Å². The average molecular weight is 436 g/mol. The molecular weight excluding hydrogens is 410 g/mol. The molecule has 29 heavy (non-hydrogen) atoms. The third-order valence-electron chi connectivity index (χ3n) is 4.62. The number of piperidine rings is 1. The minimum atomic E-state index is -3.97. The Bertz CT molecular complexity index is 803. The lowest BCUT2D eigenvalue weighted by Gasteiger charge is -2.33. The van der Waals surface area contributed by atoms with Crippen LogP contribution < -0.4 is 0 Å². The second kappa shape index (κ2) is 10.1. The zero-order chi connectivity index (χ0) is 21.6. The van der Waals surface area contributed by atoms with Gasteiger partial charge in [0, 0.05) is 25.6 Å². The number of nitrogens with zero attached hydrogens (tertiary/aromatic N) is 2. The van der Waals surface area contributed by atoms with Crippen molar-refractivity contribution in [2.75, 3.05) is 32.8 Å². The Morgan fingerprint density at radius 3 is 2.48 bits per heavy atom. The van der Waals surface area contributed by atoms with E-state index in [-0.39, 0.29) is 55.8 Å². The molecule has 0 aliphatic carbocycles. The predicted octanol–water partition coefficient (Wildman–Crippen LogP) is 2.36. The van der Waals surface area contributed by atoms with Crippen LogP contribution >= 0.6 is 0 Å². The van der Waals surface area contributed by atoms with Gasteiger partial charge >= 0.3 is 5.97 Å². The van der Waals surface area contributed by atoms with Crippen LogP contribution in [0.25, 0.3) is 0 Å². The van der Waals surface area contributed by atoms with Gasteiger partial charge in [-0.2, -0.15) is 4.31 Å². The van der Waals surface area contributed by atoms with Crippen LogP contribution in [-0.4, -0.2) is 68.7 Å². The standard InChI is InChI=1S/C18H26F2N2O6S/c1-3-9-21(12-15(19)20)17(23)13-7-10-22(11-8-13)29(25,26)16-6-5-14(28-16)18(24)27-4-2/h5-6,13,15H,3-4,7-12H2,1-2H3. The fourth-order valence-corrected chi connectivity index (χ4v) is 4.61. The van der Waals surface area contributed by atoms with Crippen LogP contribution in [-0.2, 0) is 19.6 Å². The number of ether oxygens (including phenoxy) is 1. The molecule has 8 nitrogen and oxygen atoms in total. The van der Waals surface area contributed by atoms with Crippen LogP contribution in [0, 0.1) is 5.92 Å². The number of esters is 1. The summed E-state index contributed by atoms with van der Waals surface area (Å²) in [6, 6.07) is 2.42. The highest BCUT2D eigenvalue weighted by molar-refractivity contribution is 7.89. The summed E-state index contributed by atoms with van der Waals surface area (Å²) in [7, 11) is -3.97. The van der Waals surface area contributed by atoms with E-state index >= 15 is 0 Å². The maximum absolute atomic E-state index is 12.7. The summed E-state index contributed by atoms with van der Waals surface area (Å²) in [6.45, 7) is 3.29. The zero-order valence-corrected chi connectivity index (χ0v) is 17.3. The molecule has 2 rings (SSSR count). The van der Waals surface area contributed by atoms with Gasteiger partial charge in [-0.15, -0.1) is 0 Å². The van der Waals surface area contributed by atoms with E-state index in [0.717, 1.165) is 4.90 Å². The molecule has 1 aliphatic rings. The Morgan fingerprint density at radius 1 is 1.28 bits per heavy atom. The van der Waals surface area contributed by atoms with Gasteiger partial charge in [0.05, 0.1) is 13.2 Å². The molecule has 1 aromatic rings. The van der Waals surface area contributed by atoms with E-state index in [2.05, 4.69) is 0 Å². The van der Waals surface area contributed by atoms with Crippen LogP contribution in [0.2, 0.25) is 0 Å². The van der Waals surface area contributed by atoms with Crippen LogP contribution in [0.5, 0.6) is 0 Å². The topological polar surface area (TPSA) is 97.1 Å². The normalized spacial score (nSPS) is 16.2. The number of amides is 1. The predicted molar refractivity (Wildman–Crippen MR) is 99.0 cm³/mol. The molecule has 1 fully saturated rings. The number of rotatable bonds is 9. The van der Waals surface area contributed by atoms with Gasteiger partial charge in [0.25, 0.3) is 16.4 Å². The lowest BCUT2D eigenvalue weighted by Crippen LogP contribution is -2.45. The lowest BCUT2D eigenvalue weighted by atomic mass is 9.96. The fraction of sp³-hybridized carbons (Fsp3) is 0.667. The van der Waals surface area contributed by atoms with Gasteiger partial charge in [0.15, 0.2) is 0 Å². The molecule has 11 heteroatoms. The number of carbonyl (C=O) groups excluding carboxylic acids is 2. The lowest BCUT2D eigenvalue weighted by molar-refractivity contribution is -0.138. The number of hydrogen-bond acceptors (Lipinski definition) is 6. The van der Waals surface area contributed by atoms with Crippen molar-refractivity contribution in [3.05, 3.63) is 17.9 Å². The minimum absolute atomic E-state index is 0.0584. The van der Waals surface area contributed by atoms with Crippen LogP contribution in [0.4, 0.5) is 8.78 Å². The monoisotopic (exact) mass is 436 g/mol. The summed E-state index contributed by atoms with van der Waals surface area (Å²) < 4.78 is 62.0. The SMILES string of the molecule is CCCN(CC(F)F)C(=O)C1CCN(S(=O)(=O)c2ccc(C(=O)OCC)o2)CC1. The first kappa shape index (κ1) is 23.3. The molecule has 0 saturated carbocycles. The van der Waals surface area contributed by atoms with Gasteiger partial charge in [-0.25, -0.2) is 22.0 Å². The number of halogens is 2. The molecule has 0 aromatic carbocycles. The number of sulfonamides is 1. The summed E-state index contributed by atoms with van der Waals surface area (Å²) >= 11 is 0. The van der Waals surface area contributed by atoms with E-state index in [1.165, 1.54) is 16.4 Å². The van der Waals surface area contributed by atoms with Crippen molar-refractivity contribution in [3.63, 3.8) is 0 Å². The Balaban J connectivity index is 2.02. The van der Waals surface area contributed by atoms with Gasteiger partial charge in [0.2, 0.25) is 16.8 Å². The molecule has 0 atom stereocenters. The molecular formula is C18H26F2N2O6S. The molecule has 164 valence electrons. The Morgan fingerprint density at radius 2 is 1.93 bits per heavy atom. The van der Waals surface area contributed by atoms with E-state index in [9.17, 15) is 26.8 Å². The Labute approximate surface area is 168 Å². The number of furan rings is 1. The fourth-order valence-electron chi connectivity index (χ4n) is 3.23. The molecule has 2 heterocycles. The highest BCUT2D eigenvalue weighted by atomic mass is 32.2. The first-order valence-electron chi connectivity index (χ1n) is 9.54. The van der Waals surface area contributed by atoms with Gasteiger partial charge in [-0.3, -0.25) is 4.79 Å². The van der Waals surface area contributed by atoms with Crippen LogP contribution in [0.15, 0.2) is 21.6 Å². The van der Waals surface area contributed by atoms with Gasteiger partial charge in [-0.05, 0) is 38.3 Å². The van der Waals surface area contributed by atoms with Crippen molar-refractivity contribution < 1.29 is 35.9 Å². The van der Waals surface area contributed by atoms with E-state index < -0.39 is 34.9 Å². The average Bonchev–Trinajstić information content (AvgIpc) is 3.18. The molecule has 0 N–H and O–H groups in total. The smallest absolute Gasteiger partial charge is 0.374 e. The van der Waals surface area contributed by atoms with Gasteiger partial charge in [0.1, 0.15) is 0 Å². The molecule has 0 spiro atoms. The third-order valence-corrected chi connectivity index (χ3v) is 6.39. The minimum Gasteiger partial charge on any atom is -0.460 e. The second-order valence-corrected chi connectivity index (χ2v) is 8.56.